The molecule has 0 saturated heterocycles. The zero-order valence-electron chi connectivity index (χ0n) is 15.7. The van der Waals surface area contributed by atoms with Crippen LogP contribution in [0.3, 0.4) is 0 Å². The van der Waals surface area contributed by atoms with E-state index < -0.39 is 11.2 Å². The number of nitrogens with one attached hydrogen (secondary N) is 2. The molecular formula is C21H22FN3O3. The highest BCUT2D eigenvalue weighted by atomic mass is 19.1. The van der Waals surface area contributed by atoms with E-state index in [9.17, 15) is 18.8 Å². The average molecular weight is 383 g/mol. The molecule has 0 bridgehead atoms. The number of aromatic nitrogens is 2. The number of hydrogen-bond acceptors (Lipinski definition) is 3. The summed E-state index contributed by atoms with van der Waals surface area (Å²) in [5, 5.41) is 3.35. The van der Waals surface area contributed by atoms with E-state index in [0.717, 1.165) is 5.56 Å². The van der Waals surface area contributed by atoms with Crippen LogP contribution in [0.15, 0.2) is 58.1 Å². The van der Waals surface area contributed by atoms with Crippen LogP contribution < -0.4 is 16.6 Å². The van der Waals surface area contributed by atoms with Crippen LogP contribution in [0.2, 0.25) is 0 Å². The molecule has 3 rings (SSSR count). The molecule has 28 heavy (non-hydrogen) atoms. The number of hydrogen-bond donors (Lipinski definition) is 2. The zero-order valence-corrected chi connectivity index (χ0v) is 15.7. The maximum atomic E-state index is 13.2. The van der Waals surface area contributed by atoms with Crippen molar-refractivity contribution < 1.29 is 9.18 Å². The Hall–Kier alpha value is -3.22. The lowest BCUT2D eigenvalue weighted by atomic mass is 9.96. The van der Waals surface area contributed by atoms with E-state index in [1.54, 1.807) is 36.4 Å². The number of para-hydroxylation sites is 1. The normalized spacial score (nSPS) is 12.3. The quantitative estimate of drug-likeness (QED) is 0.686. The van der Waals surface area contributed by atoms with Gasteiger partial charge in [0.1, 0.15) is 5.82 Å². The summed E-state index contributed by atoms with van der Waals surface area (Å²) in [5.74, 6) is -0.460. The van der Waals surface area contributed by atoms with Gasteiger partial charge in [0.25, 0.3) is 5.56 Å². The van der Waals surface area contributed by atoms with Crippen LogP contribution in [0, 0.1) is 11.7 Å². The van der Waals surface area contributed by atoms with Crippen molar-refractivity contribution in [1.29, 1.82) is 0 Å². The van der Waals surface area contributed by atoms with Crippen LogP contribution in [-0.4, -0.2) is 15.5 Å². The highest BCUT2D eigenvalue weighted by Crippen LogP contribution is 2.22. The molecule has 0 spiro atoms. The number of carbonyl (C=O) groups is 1. The second-order valence-corrected chi connectivity index (χ2v) is 7.02. The molecule has 0 aliphatic heterocycles. The second-order valence-electron chi connectivity index (χ2n) is 7.02. The Kier molecular flexibility index (Phi) is 5.73. The number of fused-ring (bicyclic) bond motifs is 1. The fraction of sp³-hybridized carbons (Fsp3) is 0.286. The van der Waals surface area contributed by atoms with Crippen LogP contribution >= 0.6 is 0 Å². The highest BCUT2D eigenvalue weighted by molar-refractivity contribution is 5.79. The molecule has 2 N–H and O–H groups in total. The maximum absolute atomic E-state index is 13.2. The van der Waals surface area contributed by atoms with Crippen LogP contribution in [0.4, 0.5) is 4.39 Å². The summed E-state index contributed by atoms with van der Waals surface area (Å²) in [5.41, 5.74) is 0.312. The van der Waals surface area contributed by atoms with E-state index in [2.05, 4.69) is 10.3 Å². The number of rotatable bonds is 6. The van der Waals surface area contributed by atoms with E-state index >= 15 is 0 Å². The van der Waals surface area contributed by atoms with E-state index in [0.29, 0.717) is 10.9 Å². The predicted octanol–water partition coefficient (Wildman–Crippen LogP) is 2.73. The summed E-state index contributed by atoms with van der Waals surface area (Å²) in [6.45, 7) is 4.07. The molecule has 0 aliphatic carbocycles. The molecule has 7 heteroatoms. The van der Waals surface area contributed by atoms with E-state index in [-0.39, 0.29) is 36.6 Å². The molecular weight excluding hydrogens is 361 g/mol. The van der Waals surface area contributed by atoms with Crippen molar-refractivity contribution in [3.8, 4) is 0 Å². The maximum Gasteiger partial charge on any atom is 0.328 e. The number of aromatic amines is 1. The van der Waals surface area contributed by atoms with Gasteiger partial charge in [0.2, 0.25) is 5.91 Å². The Morgan fingerprint density at radius 3 is 2.46 bits per heavy atom. The van der Waals surface area contributed by atoms with Crippen LogP contribution in [0.25, 0.3) is 10.9 Å². The number of carbonyl (C=O) groups excluding carboxylic acids is 1. The first-order chi connectivity index (χ1) is 13.4. The molecule has 0 aliphatic rings. The van der Waals surface area contributed by atoms with Gasteiger partial charge in [-0.25, -0.2) is 9.18 Å². The van der Waals surface area contributed by atoms with Crippen molar-refractivity contribution in [3.05, 3.63) is 80.7 Å². The molecule has 3 aromatic rings. The van der Waals surface area contributed by atoms with E-state index in [1.807, 2.05) is 13.8 Å². The zero-order chi connectivity index (χ0) is 20.3. The van der Waals surface area contributed by atoms with Gasteiger partial charge in [0.15, 0.2) is 0 Å². The monoisotopic (exact) mass is 383 g/mol. The molecule has 2 aromatic carbocycles. The van der Waals surface area contributed by atoms with Crippen molar-refractivity contribution in [2.24, 2.45) is 5.92 Å². The Morgan fingerprint density at radius 1 is 1.11 bits per heavy atom. The summed E-state index contributed by atoms with van der Waals surface area (Å²) in [6.07, 6.45) is 0.0698. The average Bonchev–Trinajstić information content (AvgIpc) is 2.66. The van der Waals surface area contributed by atoms with Crippen molar-refractivity contribution in [3.63, 3.8) is 0 Å². The van der Waals surface area contributed by atoms with Crippen molar-refractivity contribution >= 4 is 16.8 Å². The first kappa shape index (κ1) is 19.5. The molecule has 0 fully saturated rings. The third kappa shape index (κ3) is 4.19. The molecule has 146 valence electrons. The SMILES string of the molecule is CC(C)C(NC(=O)CCn1c(=O)[nH]c(=O)c2ccccc21)c1ccc(F)cc1. The smallest absolute Gasteiger partial charge is 0.328 e. The second kappa shape index (κ2) is 8.21. The van der Waals surface area contributed by atoms with E-state index in [1.165, 1.54) is 16.7 Å². The molecule has 1 aromatic heterocycles. The molecule has 1 amide bonds. The minimum atomic E-state index is -0.546. The van der Waals surface area contributed by atoms with Crippen molar-refractivity contribution in [2.75, 3.05) is 0 Å². The standard InChI is InChI=1S/C21H22FN3O3/c1-13(2)19(14-7-9-15(22)10-8-14)23-18(26)11-12-25-17-6-4-3-5-16(17)20(27)24-21(25)28/h3-10,13,19H,11-12H2,1-2H3,(H,23,26)(H,24,27,28). The summed E-state index contributed by atoms with van der Waals surface area (Å²) in [7, 11) is 0. The molecule has 6 nitrogen and oxygen atoms in total. The molecule has 0 radical (unpaired) electrons. The van der Waals surface area contributed by atoms with Crippen LogP contribution in [0.1, 0.15) is 31.9 Å². The number of amides is 1. The summed E-state index contributed by atoms with van der Waals surface area (Å²) in [6, 6.07) is 12.5. The fourth-order valence-electron chi connectivity index (χ4n) is 3.23. The fourth-order valence-corrected chi connectivity index (χ4v) is 3.23. The topological polar surface area (TPSA) is 84.0 Å². The van der Waals surface area contributed by atoms with Gasteiger partial charge in [-0.15, -0.1) is 0 Å². The van der Waals surface area contributed by atoms with Gasteiger partial charge in [-0.2, -0.15) is 0 Å². The Morgan fingerprint density at radius 2 is 1.79 bits per heavy atom. The summed E-state index contributed by atoms with van der Waals surface area (Å²) in [4.78, 5) is 38.9. The largest absolute Gasteiger partial charge is 0.349 e. The Labute approximate surface area is 161 Å². The molecule has 0 saturated carbocycles. The first-order valence-corrected chi connectivity index (χ1v) is 9.13. The number of halogens is 1. The van der Waals surface area contributed by atoms with Crippen molar-refractivity contribution in [2.45, 2.75) is 32.9 Å². The number of nitrogens with zero attached hydrogens (tertiary/aromatic N) is 1. The van der Waals surface area contributed by atoms with Crippen molar-refractivity contribution in [1.82, 2.24) is 14.9 Å². The van der Waals surface area contributed by atoms with Crippen LogP contribution in [0.5, 0.6) is 0 Å². The number of aryl methyl sites for hydroxylation is 1. The molecule has 1 heterocycles. The Balaban J connectivity index is 1.77. The third-order valence-electron chi connectivity index (χ3n) is 4.68. The number of H-pyrrole nitrogens is 1. The molecule has 1 atom stereocenters. The predicted molar refractivity (Wildman–Crippen MR) is 106 cm³/mol. The third-order valence-corrected chi connectivity index (χ3v) is 4.68. The lowest BCUT2D eigenvalue weighted by Gasteiger charge is -2.23. The van der Waals surface area contributed by atoms with Gasteiger partial charge in [-0.1, -0.05) is 38.1 Å². The minimum absolute atomic E-state index is 0.0698. The lowest BCUT2D eigenvalue weighted by molar-refractivity contribution is -0.122. The van der Waals surface area contributed by atoms with Gasteiger partial charge >= 0.3 is 5.69 Å². The summed E-state index contributed by atoms with van der Waals surface area (Å²) >= 11 is 0. The van der Waals surface area contributed by atoms with Gasteiger partial charge in [-0.05, 0) is 35.7 Å². The summed E-state index contributed by atoms with van der Waals surface area (Å²) < 4.78 is 14.6. The lowest BCUT2D eigenvalue weighted by Crippen LogP contribution is -2.35. The number of benzene rings is 2. The van der Waals surface area contributed by atoms with Crippen LogP contribution in [-0.2, 0) is 11.3 Å². The molecule has 1 unspecified atom stereocenters. The first-order valence-electron chi connectivity index (χ1n) is 9.13. The highest BCUT2D eigenvalue weighted by Gasteiger charge is 2.18. The van der Waals surface area contributed by atoms with Gasteiger partial charge in [-0.3, -0.25) is 19.1 Å². The van der Waals surface area contributed by atoms with E-state index in [4.69, 9.17) is 0 Å². The minimum Gasteiger partial charge on any atom is -0.349 e. The van der Waals surface area contributed by atoms with Gasteiger partial charge in [0.05, 0.1) is 16.9 Å². The van der Waals surface area contributed by atoms with Gasteiger partial charge in [0, 0.05) is 13.0 Å². The Bertz CT molecular complexity index is 1100. The van der Waals surface area contributed by atoms with Gasteiger partial charge < -0.3 is 5.32 Å².